The second-order valence-electron chi connectivity index (χ2n) is 8.03. The molecule has 1 spiro atoms. The Labute approximate surface area is 160 Å². The monoisotopic (exact) mass is 365 g/mol. The smallest absolute Gasteiger partial charge is 0.341 e. The van der Waals surface area contributed by atoms with Crippen molar-refractivity contribution in [3.05, 3.63) is 65.7 Å². The molecule has 1 aliphatic carbocycles. The van der Waals surface area contributed by atoms with Crippen molar-refractivity contribution in [1.82, 2.24) is 4.90 Å². The van der Waals surface area contributed by atoms with Crippen LogP contribution in [0.2, 0.25) is 0 Å². The molecule has 1 heterocycles. The Balaban J connectivity index is 1.45. The topological polar surface area (TPSA) is 49.8 Å². The van der Waals surface area contributed by atoms with Gasteiger partial charge in [-0.15, -0.1) is 0 Å². The number of likely N-dealkylation sites (tertiary alicyclic amines) is 1. The lowest BCUT2D eigenvalue weighted by molar-refractivity contribution is -0.139. The number of rotatable bonds is 6. The standard InChI is InChI=1S/C23H27NO3/c25-22(26)16-27-20-10-8-18(9-11-20)14-24-15-21(19-6-2-1-3-7-19)23(17-24)12-4-5-13-23/h1-3,6-11,21H,4-5,12-17H2,(H,25,26)/t21-/m0/s1. The molecule has 1 aliphatic heterocycles. The number of hydrogen-bond donors (Lipinski definition) is 1. The lowest BCUT2D eigenvalue weighted by Crippen LogP contribution is -2.26. The van der Waals surface area contributed by atoms with E-state index >= 15 is 0 Å². The zero-order valence-corrected chi connectivity index (χ0v) is 15.6. The number of carbonyl (C=O) groups is 1. The second kappa shape index (κ2) is 7.73. The third-order valence-electron chi connectivity index (χ3n) is 6.21. The van der Waals surface area contributed by atoms with E-state index in [4.69, 9.17) is 9.84 Å². The van der Waals surface area contributed by atoms with E-state index in [-0.39, 0.29) is 6.61 Å². The van der Waals surface area contributed by atoms with Crippen molar-refractivity contribution in [3.8, 4) is 5.75 Å². The number of carboxylic acid groups (broad SMARTS) is 1. The van der Waals surface area contributed by atoms with Gasteiger partial charge >= 0.3 is 5.97 Å². The zero-order valence-electron chi connectivity index (χ0n) is 15.6. The first kappa shape index (κ1) is 18.1. The van der Waals surface area contributed by atoms with Crippen LogP contribution in [0.3, 0.4) is 0 Å². The molecule has 0 bridgehead atoms. The van der Waals surface area contributed by atoms with Crippen LogP contribution in [-0.4, -0.2) is 35.7 Å². The molecule has 4 heteroatoms. The summed E-state index contributed by atoms with van der Waals surface area (Å²) in [7, 11) is 0. The Hall–Kier alpha value is -2.33. The highest BCUT2D eigenvalue weighted by Crippen LogP contribution is 2.53. The van der Waals surface area contributed by atoms with Gasteiger partial charge in [-0.1, -0.05) is 55.3 Å². The largest absolute Gasteiger partial charge is 0.482 e. The lowest BCUT2D eigenvalue weighted by Gasteiger charge is -2.30. The third kappa shape index (κ3) is 4.01. The van der Waals surface area contributed by atoms with Gasteiger partial charge < -0.3 is 9.84 Å². The van der Waals surface area contributed by atoms with Crippen molar-refractivity contribution in [2.45, 2.75) is 38.1 Å². The maximum Gasteiger partial charge on any atom is 0.341 e. The average molecular weight is 365 g/mol. The maximum atomic E-state index is 10.6. The minimum absolute atomic E-state index is 0.299. The van der Waals surface area contributed by atoms with Crippen LogP contribution in [-0.2, 0) is 11.3 Å². The highest BCUT2D eigenvalue weighted by atomic mass is 16.5. The molecule has 2 aromatic carbocycles. The van der Waals surface area contributed by atoms with E-state index in [1.165, 1.54) is 43.4 Å². The molecule has 2 aromatic rings. The van der Waals surface area contributed by atoms with E-state index in [0.29, 0.717) is 17.1 Å². The highest BCUT2D eigenvalue weighted by Gasteiger charge is 2.48. The molecule has 0 radical (unpaired) electrons. The van der Waals surface area contributed by atoms with Gasteiger partial charge in [0.25, 0.3) is 0 Å². The van der Waals surface area contributed by atoms with Gasteiger partial charge in [-0.25, -0.2) is 4.79 Å². The maximum absolute atomic E-state index is 10.6. The molecule has 4 rings (SSSR count). The van der Waals surface area contributed by atoms with Crippen LogP contribution in [0.25, 0.3) is 0 Å². The molecule has 4 nitrogen and oxygen atoms in total. The first-order chi connectivity index (χ1) is 13.1. The fourth-order valence-corrected chi connectivity index (χ4v) is 5.02. The van der Waals surface area contributed by atoms with E-state index in [0.717, 1.165) is 13.1 Å². The molecule has 0 aromatic heterocycles. The molecular formula is C23H27NO3. The normalized spacial score (nSPS) is 21.6. The third-order valence-corrected chi connectivity index (χ3v) is 6.21. The van der Waals surface area contributed by atoms with Gasteiger partial charge in [0.15, 0.2) is 6.61 Å². The Kier molecular flexibility index (Phi) is 5.17. The number of benzene rings is 2. The molecule has 1 N–H and O–H groups in total. The summed E-state index contributed by atoms with van der Waals surface area (Å²) in [5.74, 6) is 0.279. The Morgan fingerprint density at radius 3 is 2.44 bits per heavy atom. The number of hydrogen-bond acceptors (Lipinski definition) is 3. The van der Waals surface area contributed by atoms with Gasteiger partial charge in [-0.3, -0.25) is 4.90 Å². The van der Waals surface area contributed by atoms with Gasteiger partial charge in [0.2, 0.25) is 0 Å². The molecule has 27 heavy (non-hydrogen) atoms. The first-order valence-corrected chi connectivity index (χ1v) is 9.85. The van der Waals surface area contributed by atoms with Crippen LogP contribution in [0.1, 0.15) is 42.7 Å². The fourth-order valence-electron chi connectivity index (χ4n) is 5.02. The molecule has 142 valence electrons. The minimum atomic E-state index is -0.954. The number of nitrogens with zero attached hydrogens (tertiary/aromatic N) is 1. The Morgan fingerprint density at radius 2 is 1.78 bits per heavy atom. The summed E-state index contributed by atoms with van der Waals surface area (Å²) >= 11 is 0. The molecular weight excluding hydrogens is 338 g/mol. The second-order valence-corrected chi connectivity index (χ2v) is 8.03. The van der Waals surface area contributed by atoms with E-state index in [1.54, 1.807) is 0 Å². The van der Waals surface area contributed by atoms with Crippen LogP contribution in [0.15, 0.2) is 54.6 Å². The zero-order chi connectivity index (χ0) is 18.7. The van der Waals surface area contributed by atoms with E-state index in [2.05, 4.69) is 35.2 Å². The van der Waals surface area contributed by atoms with Crippen molar-refractivity contribution in [2.75, 3.05) is 19.7 Å². The van der Waals surface area contributed by atoms with Crippen LogP contribution in [0, 0.1) is 5.41 Å². The lowest BCUT2D eigenvalue weighted by atomic mass is 9.73. The summed E-state index contributed by atoms with van der Waals surface area (Å²) in [6.45, 7) is 2.92. The van der Waals surface area contributed by atoms with Gasteiger partial charge in [0.05, 0.1) is 0 Å². The molecule has 2 fully saturated rings. The summed E-state index contributed by atoms with van der Waals surface area (Å²) in [6.07, 6.45) is 5.38. The predicted octanol–water partition coefficient (Wildman–Crippen LogP) is 4.31. The summed E-state index contributed by atoms with van der Waals surface area (Å²) < 4.78 is 5.23. The molecule has 1 saturated carbocycles. The summed E-state index contributed by atoms with van der Waals surface area (Å²) in [5.41, 5.74) is 3.17. The van der Waals surface area contributed by atoms with Crippen LogP contribution < -0.4 is 4.74 Å². The number of ether oxygens (including phenoxy) is 1. The van der Waals surface area contributed by atoms with Crippen molar-refractivity contribution in [1.29, 1.82) is 0 Å². The average Bonchev–Trinajstić information content (AvgIpc) is 3.29. The highest BCUT2D eigenvalue weighted by molar-refractivity contribution is 5.68. The van der Waals surface area contributed by atoms with Crippen molar-refractivity contribution in [2.24, 2.45) is 5.41 Å². The van der Waals surface area contributed by atoms with Gasteiger partial charge in [-0.2, -0.15) is 0 Å². The SMILES string of the molecule is O=C(O)COc1ccc(CN2C[C@@H](c3ccccc3)C3(CCCC3)C2)cc1. The number of carboxylic acids is 1. The van der Waals surface area contributed by atoms with Crippen molar-refractivity contribution >= 4 is 5.97 Å². The Bertz CT molecular complexity index is 766. The van der Waals surface area contributed by atoms with Gasteiger partial charge in [0.1, 0.15) is 5.75 Å². The fraction of sp³-hybridized carbons (Fsp3) is 0.435. The molecule has 1 saturated heterocycles. The molecule has 0 amide bonds. The van der Waals surface area contributed by atoms with E-state index in [9.17, 15) is 4.79 Å². The first-order valence-electron chi connectivity index (χ1n) is 9.85. The van der Waals surface area contributed by atoms with Crippen molar-refractivity contribution < 1.29 is 14.6 Å². The molecule has 0 unspecified atom stereocenters. The van der Waals surface area contributed by atoms with Crippen LogP contribution >= 0.6 is 0 Å². The summed E-state index contributed by atoms with van der Waals surface area (Å²) in [4.78, 5) is 13.2. The van der Waals surface area contributed by atoms with Gasteiger partial charge in [-0.05, 0) is 41.5 Å². The van der Waals surface area contributed by atoms with Crippen LogP contribution in [0.4, 0.5) is 0 Å². The summed E-state index contributed by atoms with van der Waals surface area (Å²) in [5, 5.41) is 8.71. The van der Waals surface area contributed by atoms with Crippen molar-refractivity contribution in [3.63, 3.8) is 0 Å². The van der Waals surface area contributed by atoms with Crippen LogP contribution in [0.5, 0.6) is 5.75 Å². The van der Waals surface area contributed by atoms with Gasteiger partial charge in [0, 0.05) is 25.6 Å². The van der Waals surface area contributed by atoms with E-state index in [1.807, 2.05) is 24.3 Å². The minimum Gasteiger partial charge on any atom is -0.482 e. The van der Waals surface area contributed by atoms with E-state index < -0.39 is 5.97 Å². The molecule has 2 aliphatic rings. The predicted molar refractivity (Wildman–Crippen MR) is 105 cm³/mol. The quantitative estimate of drug-likeness (QED) is 0.829. The number of aliphatic carboxylic acids is 1. The summed E-state index contributed by atoms with van der Waals surface area (Å²) in [6, 6.07) is 18.9. The molecule has 1 atom stereocenters. The Morgan fingerprint density at radius 1 is 1.07 bits per heavy atom.